The van der Waals surface area contributed by atoms with Gasteiger partial charge in [-0.3, -0.25) is 0 Å². The van der Waals surface area contributed by atoms with Crippen LogP contribution >= 0.6 is 11.5 Å². The van der Waals surface area contributed by atoms with Gasteiger partial charge in [-0.1, -0.05) is 24.3 Å². The zero-order chi connectivity index (χ0) is 15.2. The van der Waals surface area contributed by atoms with Crippen LogP contribution in [-0.4, -0.2) is 23.5 Å². The summed E-state index contributed by atoms with van der Waals surface area (Å²) in [5.74, 6) is -0.209. The van der Waals surface area contributed by atoms with Gasteiger partial charge in [0.1, 0.15) is 10.6 Å². The van der Waals surface area contributed by atoms with E-state index in [4.69, 9.17) is 10.5 Å². The summed E-state index contributed by atoms with van der Waals surface area (Å²) in [6.07, 6.45) is 0.868. The molecule has 2 rings (SSSR count). The fraction of sp³-hybridized carbons (Fsp3) is 0.333. The van der Waals surface area contributed by atoms with Crippen molar-refractivity contribution in [3.63, 3.8) is 0 Å². The number of carbonyl (C=O) groups excluding carboxylic acids is 1. The molecule has 0 spiro atoms. The Morgan fingerprint density at radius 1 is 1.43 bits per heavy atom. The maximum absolute atomic E-state index is 11.9. The summed E-state index contributed by atoms with van der Waals surface area (Å²) < 4.78 is 9.02. The molecule has 112 valence electrons. The van der Waals surface area contributed by atoms with E-state index in [1.54, 1.807) is 6.92 Å². The van der Waals surface area contributed by atoms with Crippen LogP contribution in [0.4, 0.5) is 10.8 Å². The summed E-state index contributed by atoms with van der Waals surface area (Å²) in [5, 5.41) is 3.89. The fourth-order valence-corrected chi connectivity index (χ4v) is 2.75. The summed E-state index contributed by atoms with van der Waals surface area (Å²) in [6, 6.07) is 8.24. The van der Waals surface area contributed by atoms with E-state index in [2.05, 4.69) is 28.7 Å². The predicted octanol–water partition coefficient (Wildman–Crippen LogP) is 2.87. The zero-order valence-corrected chi connectivity index (χ0v) is 13.0. The highest BCUT2D eigenvalue weighted by Gasteiger charge is 2.20. The number of anilines is 2. The molecule has 6 heteroatoms. The van der Waals surface area contributed by atoms with Crippen LogP contribution < -0.4 is 11.1 Å². The van der Waals surface area contributed by atoms with Crippen molar-refractivity contribution >= 4 is 28.3 Å². The van der Waals surface area contributed by atoms with Crippen LogP contribution in [0.15, 0.2) is 24.3 Å². The van der Waals surface area contributed by atoms with Gasteiger partial charge >= 0.3 is 5.97 Å². The average molecular weight is 305 g/mol. The Bertz CT molecular complexity index is 625. The summed E-state index contributed by atoms with van der Waals surface area (Å²) in [6.45, 7) is 4.87. The van der Waals surface area contributed by atoms with E-state index in [-0.39, 0.29) is 5.82 Å². The van der Waals surface area contributed by atoms with Gasteiger partial charge in [-0.2, -0.15) is 4.37 Å². The first-order valence-electron chi connectivity index (χ1n) is 6.84. The lowest BCUT2D eigenvalue weighted by molar-refractivity contribution is 0.0529. The molecule has 1 aromatic carbocycles. The Morgan fingerprint density at radius 3 is 2.90 bits per heavy atom. The maximum atomic E-state index is 11.9. The largest absolute Gasteiger partial charge is 0.462 e. The molecule has 0 unspecified atom stereocenters. The van der Waals surface area contributed by atoms with Crippen LogP contribution in [0.5, 0.6) is 0 Å². The van der Waals surface area contributed by atoms with E-state index >= 15 is 0 Å². The highest BCUT2D eigenvalue weighted by atomic mass is 32.1. The number of carbonyl (C=O) groups is 1. The minimum absolute atomic E-state index is 0.219. The molecule has 0 bridgehead atoms. The lowest BCUT2D eigenvalue weighted by Crippen LogP contribution is -2.11. The molecular formula is C15H19N3O2S. The number of nitrogens with two attached hydrogens (primary N) is 1. The second-order valence-electron chi connectivity index (χ2n) is 4.60. The smallest absolute Gasteiger partial charge is 0.344 e. The number of benzene rings is 1. The summed E-state index contributed by atoms with van der Waals surface area (Å²) in [7, 11) is 0. The standard InChI is InChI=1S/C15H19N3O2S/c1-3-20-15(19)12-13(16)18-21-14(12)17-9-8-11-7-5-4-6-10(11)2/h4-7,17H,3,8-9H2,1-2H3,(H2,16,18). The number of hydrogen-bond acceptors (Lipinski definition) is 6. The van der Waals surface area contributed by atoms with Crippen molar-refractivity contribution in [1.29, 1.82) is 0 Å². The van der Waals surface area contributed by atoms with Crippen LogP contribution in [0.2, 0.25) is 0 Å². The molecule has 0 aliphatic heterocycles. The number of aromatic nitrogens is 1. The van der Waals surface area contributed by atoms with E-state index < -0.39 is 5.97 Å². The molecule has 0 saturated carbocycles. The van der Waals surface area contributed by atoms with Crippen LogP contribution in [0.3, 0.4) is 0 Å². The zero-order valence-electron chi connectivity index (χ0n) is 12.2. The Balaban J connectivity index is 2.01. The Hall–Kier alpha value is -2.08. The van der Waals surface area contributed by atoms with Crippen LogP contribution in [0, 0.1) is 6.92 Å². The first kappa shape index (κ1) is 15.3. The monoisotopic (exact) mass is 305 g/mol. The molecule has 0 saturated heterocycles. The van der Waals surface area contributed by atoms with E-state index in [1.165, 1.54) is 22.7 Å². The molecule has 21 heavy (non-hydrogen) atoms. The summed E-state index contributed by atoms with van der Waals surface area (Å²) in [5.41, 5.74) is 8.61. The van der Waals surface area contributed by atoms with Crippen LogP contribution in [-0.2, 0) is 11.2 Å². The summed E-state index contributed by atoms with van der Waals surface area (Å²) in [4.78, 5) is 11.9. The molecule has 0 aliphatic rings. The minimum atomic E-state index is -0.429. The Kier molecular flexibility index (Phi) is 5.16. The summed E-state index contributed by atoms with van der Waals surface area (Å²) >= 11 is 1.18. The van der Waals surface area contributed by atoms with Crippen molar-refractivity contribution < 1.29 is 9.53 Å². The second-order valence-corrected chi connectivity index (χ2v) is 5.37. The van der Waals surface area contributed by atoms with Gasteiger partial charge < -0.3 is 15.8 Å². The van der Waals surface area contributed by atoms with Gasteiger partial charge in [0.25, 0.3) is 0 Å². The third-order valence-corrected chi connectivity index (χ3v) is 3.96. The van der Waals surface area contributed by atoms with E-state index in [0.717, 1.165) is 6.42 Å². The SMILES string of the molecule is CCOC(=O)c1c(N)nsc1NCCc1ccccc1C. The molecule has 1 heterocycles. The number of ether oxygens (including phenoxy) is 1. The first-order chi connectivity index (χ1) is 10.1. The number of esters is 1. The van der Waals surface area contributed by atoms with Gasteiger partial charge in [-0.15, -0.1) is 0 Å². The third kappa shape index (κ3) is 3.72. The van der Waals surface area contributed by atoms with Crippen LogP contribution in [0.1, 0.15) is 28.4 Å². The Labute approximate surface area is 128 Å². The molecule has 1 aromatic heterocycles. The molecule has 3 N–H and O–H groups in total. The van der Waals surface area contributed by atoms with Crippen molar-refractivity contribution in [1.82, 2.24) is 4.37 Å². The number of nitrogens with zero attached hydrogens (tertiary/aromatic N) is 1. The van der Waals surface area contributed by atoms with Crippen molar-refractivity contribution in [2.45, 2.75) is 20.3 Å². The molecule has 0 amide bonds. The van der Waals surface area contributed by atoms with Gasteiger partial charge in [0.05, 0.1) is 6.61 Å². The van der Waals surface area contributed by atoms with Crippen LogP contribution in [0.25, 0.3) is 0 Å². The molecule has 0 atom stereocenters. The number of nitrogen functional groups attached to an aromatic ring is 1. The minimum Gasteiger partial charge on any atom is -0.462 e. The van der Waals surface area contributed by atoms with Crippen molar-refractivity contribution in [3.05, 3.63) is 41.0 Å². The number of rotatable bonds is 6. The van der Waals surface area contributed by atoms with E-state index in [1.807, 2.05) is 12.1 Å². The number of aryl methyl sites for hydroxylation is 1. The first-order valence-corrected chi connectivity index (χ1v) is 7.61. The highest BCUT2D eigenvalue weighted by Crippen LogP contribution is 2.27. The average Bonchev–Trinajstić information content (AvgIpc) is 2.82. The van der Waals surface area contributed by atoms with Crippen molar-refractivity contribution in [2.24, 2.45) is 0 Å². The van der Waals surface area contributed by atoms with E-state index in [0.29, 0.717) is 23.7 Å². The van der Waals surface area contributed by atoms with Crippen molar-refractivity contribution in [3.8, 4) is 0 Å². The molecular weight excluding hydrogens is 286 g/mol. The predicted molar refractivity (Wildman–Crippen MR) is 85.9 cm³/mol. The number of hydrogen-bond donors (Lipinski definition) is 2. The molecule has 0 radical (unpaired) electrons. The molecule has 2 aromatic rings. The maximum Gasteiger partial charge on any atom is 0.344 e. The number of nitrogens with one attached hydrogen (secondary N) is 1. The normalized spacial score (nSPS) is 10.4. The Morgan fingerprint density at radius 2 is 2.19 bits per heavy atom. The highest BCUT2D eigenvalue weighted by molar-refractivity contribution is 7.11. The van der Waals surface area contributed by atoms with Gasteiger partial charge in [0.15, 0.2) is 5.82 Å². The molecule has 0 aliphatic carbocycles. The van der Waals surface area contributed by atoms with Gasteiger partial charge in [0.2, 0.25) is 0 Å². The molecule has 0 fully saturated rings. The second kappa shape index (κ2) is 7.08. The quantitative estimate of drug-likeness (QED) is 0.802. The lowest BCUT2D eigenvalue weighted by Gasteiger charge is -2.08. The van der Waals surface area contributed by atoms with Crippen molar-refractivity contribution in [2.75, 3.05) is 24.2 Å². The van der Waals surface area contributed by atoms with Gasteiger partial charge in [0, 0.05) is 6.54 Å². The third-order valence-electron chi connectivity index (χ3n) is 3.14. The topological polar surface area (TPSA) is 77.2 Å². The lowest BCUT2D eigenvalue weighted by atomic mass is 10.1. The van der Waals surface area contributed by atoms with Gasteiger partial charge in [-0.05, 0) is 42.9 Å². The fourth-order valence-electron chi connectivity index (χ4n) is 2.02. The van der Waals surface area contributed by atoms with Gasteiger partial charge in [-0.25, -0.2) is 4.79 Å². The molecule has 5 nitrogen and oxygen atoms in total. The van der Waals surface area contributed by atoms with E-state index in [9.17, 15) is 4.79 Å².